The number of ether oxygens (including phenoxy) is 3. The van der Waals surface area contributed by atoms with Gasteiger partial charge in [-0.05, 0) is 27.7 Å². The first-order chi connectivity index (χ1) is 6.78. The highest BCUT2D eigenvalue weighted by Gasteiger charge is 2.35. The van der Waals surface area contributed by atoms with Crippen LogP contribution in [0.1, 0.15) is 27.7 Å². The van der Waals surface area contributed by atoms with Gasteiger partial charge in [0.05, 0.1) is 0 Å². The summed E-state index contributed by atoms with van der Waals surface area (Å²) in [5.41, 5.74) is -0.640. The molecule has 0 aliphatic carbocycles. The van der Waals surface area contributed by atoms with Gasteiger partial charge in [0.15, 0.2) is 6.29 Å². The predicted molar refractivity (Wildman–Crippen MR) is 49.8 cm³/mol. The lowest BCUT2D eigenvalue weighted by molar-refractivity contribution is -0.357. The van der Waals surface area contributed by atoms with Crippen LogP contribution in [0.3, 0.4) is 0 Å². The van der Waals surface area contributed by atoms with Gasteiger partial charge < -0.3 is 14.2 Å². The predicted octanol–water partition coefficient (Wildman–Crippen LogP) is 0.757. The molecule has 1 saturated heterocycles. The molecule has 0 spiro atoms. The van der Waals surface area contributed by atoms with Gasteiger partial charge in [0.25, 0.3) is 5.91 Å². The third-order valence-corrected chi connectivity index (χ3v) is 1.47. The van der Waals surface area contributed by atoms with Crippen molar-refractivity contribution in [3.63, 3.8) is 0 Å². The van der Waals surface area contributed by atoms with E-state index >= 15 is 0 Å². The summed E-state index contributed by atoms with van der Waals surface area (Å²) in [5.74, 6) is -0.651. The van der Waals surface area contributed by atoms with E-state index in [1.54, 1.807) is 27.7 Å². The quantitative estimate of drug-likeness (QED) is 0.701. The van der Waals surface area contributed by atoms with Gasteiger partial charge in [-0.15, -0.1) is 0 Å². The van der Waals surface area contributed by atoms with E-state index in [9.17, 15) is 9.59 Å². The summed E-state index contributed by atoms with van der Waals surface area (Å²) in [5, 5.41) is 2.01. The van der Waals surface area contributed by atoms with Crippen molar-refractivity contribution in [2.75, 3.05) is 0 Å². The van der Waals surface area contributed by atoms with Gasteiger partial charge in [0.2, 0.25) is 6.29 Å². The minimum Gasteiger partial charge on any atom is -0.444 e. The van der Waals surface area contributed by atoms with Gasteiger partial charge in [0, 0.05) is 0 Å². The lowest BCUT2D eigenvalue weighted by Gasteiger charge is -2.32. The normalized spacial score (nSPS) is 25.3. The van der Waals surface area contributed by atoms with E-state index < -0.39 is 30.2 Å². The van der Waals surface area contributed by atoms with Crippen molar-refractivity contribution in [1.29, 1.82) is 0 Å². The summed E-state index contributed by atoms with van der Waals surface area (Å²) < 4.78 is 14.7. The van der Waals surface area contributed by atoms with Crippen LogP contribution in [0, 0.1) is 0 Å². The standard InChI is InChI=1S/C9H15NO5/c1-5-13-7(14-5)6(11)10-8(12)15-9(2,3)4/h5,7H,1-4H3,(H,10,11,12). The molecule has 0 saturated carbocycles. The SMILES string of the molecule is CC1OC(C(=O)NC(=O)OC(C)(C)C)O1. The van der Waals surface area contributed by atoms with Crippen LogP contribution in [0.2, 0.25) is 0 Å². The molecular formula is C9H15NO5. The Balaban J connectivity index is 2.29. The van der Waals surface area contributed by atoms with Crippen LogP contribution in [-0.2, 0) is 19.0 Å². The highest BCUT2D eigenvalue weighted by Crippen LogP contribution is 2.15. The van der Waals surface area contributed by atoms with Crippen LogP contribution < -0.4 is 5.32 Å². The summed E-state index contributed by atoms with van der Waals surface area (Å²) in [7, 11) is 0. The molecule has 0 unspecified atom stereocenters. The second-order valence-corrected chi connectivity index (χ2v) is 4.16. The van der Waals surface area contributed by atoms with Crippen LogP contribution >= 0.6 is 0 Å². The summed E-state index contributed by atoms with van der Waals surface area (Å²) >= 11 is 0. The molecule has 1 rings (SSSR count). The molecule has 0 aromatic carbocycles. The van der Waals surface area contributed by atoms with Gasteiger partial charge >= 0.3 is 6.09 Å². The molecule has 0 aromatic heterocycles. The molecule has 86 valence electrons. The number of carbonyl (C=O) groups is 2. The molecule has 1 aliphatic rings. The molecule has 0 bridgehead atoms. The Bertz CT molecular complexity index is 264. The zero-order valence-corrected chi connectivity index (χ0v) is 9.20. The maximum absolute atomic E-state index is 11.2. The van der Waals surface area contributed by atoms with Gasteiger partial charge in [-0.1, -0.05) is 0 Å². The number of nitrogens with one attached hydrogen (secondary N) is 1. The zero-order chi connectivity index (χ0) is 11.6. The largest absolute Gasteiger partial charge is 0.444 e. The number of amides is 2. The maximum Gasteiger partial charge on any atom is 0.414 e. The topological polar surface area (TPSA) is 73.9 Å². The Kier molecular flexibility index (Phi) is 3.31. The monoisotopic (exact) mass is 217 g/mol. The fourth-order valence-corrected chi connectivity index (χ4v) is 0.945. The number of hydrogen-bond donors (Lipinski definition) is 1. The van der Waals surface area contributed by atoms with E-state index in [2.05, 4.69) is 0 Å². The van der Waals surface area contributed by atoms with Gasteiger partial charge in [-0.25, -0.2) is 4.79 Å². The second kappa shape index (κ2) is 4.16. The van der Waals surface area contributed by atoms with E-state index in [-0.39, 0.29) is 0 Å². The van der Waals surface area contributed by atoms with Gasteiger partial charge in [0.1, 0.15) is 5.60 Å². The fraction of sp³-hybridized carbons (Fsp3) is 0.778. The van der Waals surface area contributed by atoms with Crippen LogP contribution in [0.5, 0.6) is 0 Å². The summed E-state index contributed by atoms with van der Waals surface area (Å²) in [6.45, 7) is 6.76. The highest BCUT2D eigenvalue weighted by atomic mass is 16.9. The highest BCUT2D eigenvalue weighted by molar-refractivity contribution is 5.93. The molecule has 1 fully saturated rings. The van der Waals surface area contributed by atoms with Crippen LogP contribution in [0.15, 0.2) is 0 Å². The minimum absolute atomic E-state index is 0.403. The Morgan fingerprint density at radius 1 is 1.27 bits per heavy atom. The van der Waals surface area contributed by atoms with E-state index in [0.717, 1.165) is 0 Å². The fourth-order valence-electron chi connectivity index (χ4n) is 0.945. The van der Waals surface area contributed by atoms with Crippen molar-refractivity contribution in [1.82, 2.24) is 5.32 Å². The van der Waals surface area contributed by atoms with Crippen molar-refractivity contribution in [2.45, 2.75) is 45.9 Å². The van der Waals surface area contributed by atoms with E-state index in [1.807, 2.05) is 5.32 Å². The first-order valence-electron chi connectivity index (χ1n) is 4.63. The molecule has 1 heterocycles. The average molecular weight is 217 g/mol. The van der Waals surface area contributed by atoms with Crippen molar-refractivity contribution in [2.24, 2.45) is 0 Å². The molecule has 6 heteroatoms. The third-order valence-electron chi connectivity index (χ3n) is 1.47. The number of hydrogen-bond acceptors (Lipinski definition) is 5. The van der Waals surface area contributed by atoms with E-state index in [4.69, 9.17) is 14.2 Å². The summed E-state index contributed by atoms with van der Waals surface area (Å²) in [6.07, 6.45) is -2.22. The van der Waals surface area contributed by atoms with E-state index in [1.165, 1.54) is 0 Å². The van der Waals surface area contributed by atoms with Crippen molar-refractivity contribution < 1.29 is 23.8 Å². The number of imide groups is 1. The van der Waals surface area contributed by atoms with Crippen LogP contribution in [0.4, 0.5) is 4.79 Å². The van der Waals surface area contributed by atoms with Gasteiger partial charge in [-0.3, -0.25) is 10.1 Å². The van der Waals surface area contributed by atoms with Crippen molar-refractivity contribution >= 4 is 12.0 Å². The average Bonchev–Trinajstić information content (AvgIpc) is 1.94. The molecule has 1 aliphatic heterocycles. The molecule has 0 aromatic rings. The first kappa shape index (κ1) is 11.9. The molecule has 15 heavy (non-hydrogen) atoms. The zero-order valence-electron chi connectivity index (χ0n) is 9.20. The molecule has 1 N–H and O–H groups in total. The number of carbonyl (C=O) groups excluding carboxylic acids is 2. The molecular weight excluding hydrogens is 202 g/mol. The summed E-state index contributed by atoms with van der Waals surface area (Å²) in [4.78, 5) is 22.3. The van der Waals surface area contributed by atoms with E-state index in [0.29, 0.717) is 0 Å². The number of alkyl carbamates (subject to hydrolysis) is 1. The lowest BCUT2D eigenvalue weighted by Crippen LogP contribution is -2.51. The molecule has 6 nitrogen and oxygen atoms in total. The minimum atomic E-state index is -1.01. The third kappa shape index (κ3) is 3.85. The Labute approximate surface area is 87.9 Å². The molecule has 0 radical (unpaired) electrons. The first-order valence-corrected chi connectivity index (χ1v) is 4.63. The van der Waals surface area contributed by atoms with Crippen molar-refractivity contribution in [3.8, 4) is 0 Å². The maximum atomic E-state index is 11.2. The van der Waals surface area contributed by atoms with Gasteiger partial charge in [-0.2, -0.15) is 0 Å². The Morgan fingerprint density at radius 2 is 1.80 bits per heavy atom. The lowest BCUT2D eigenvalue weighted by atomic mass is 10.2. The Morgan fingerprint density at radius 3 is 2.20 bits per heavy atom. The second-order valence-electron chi connectivity index (χ2n) is 4.16. The molecule has 0 atom stereocenters. The van der Waals surface area contributed by atoms with Crippen LogP contribution in [0.25, 0.3) is 0 Å². The molecule has 2 amide bonds. The smallest absolute Gasteiger partial charge is 0.414 e. The summed E-state index contributed by atoms with van der Waals surface area (Å²) in [6, 6.07) is 0. The Hall–Kier alpha value is -1.14. The van der Waals surface area contributed by atoms with Crippen molar-refractivity contribution in [3.05, 3.63) is 0 Å². The van der Waals surface area contributed by atoms with Crippen LogP contribution in [-0.4, -0.2) is 30.2 Å². The number of rotatable bonds is 1.